The molecule has 19 heavy (non-hydrogen) atoms. The van der Waals surface area contributed by atoms with Crippen molar-refractivity contribution in [3.63, 3.8) is 0 Å². The molecule has 0 spiro atoms. The molecule has 1 aromatic carbocycles. The van der Waals surface area contributed by atoms with Gasteiger partial charge in [-0.05, 0) is 37.3 Å². The molecule has 0 heterocycles. The van der Waals surface area contributed by atoms with Gasteiger partial charge in [-0.1, -0.05) is 13.0 Å². The summed E-state index contributed by atoms with van der Waals surface area (Å²) in [5.74, 6) is 0.345. The lowest BCUT2D eigenvalue weighted by molar-refractivity contribution is 0.280. The lowest BCUT2D eigenvalue weighted by atomic mass is 10.1. The van der Waals surface area contributed by atoms with E-state index in [1.54, 1.807) is 19.1 Å². The second-order valence-electron chi connectivity index (χ2n) is 4.68. The number of hydrogen-bond acceptors (Lipinski definition) is 3. The minimum Gasteiger partial charge on any atom is -0.493 e. The zero-order valence-electron chi connectivity index (χ0n) is 11.0. The van der Waals surface area contributed by atoms with E-state index in [1.807, 2.05) is 6.92 Å². The third kappa shape index (κ3) is 6.78. The molecule has 6 heteroatoms. The summed E-state index contributed by atoms with van der Waals surface area (Å²) < 4.78 is 40.3. The summed E-state index contributed by atoms with van der Waals surface area (Å²) in [6.07, 6.45) is 1.19. The van der Waals surface area contributed by atoms with E-state index in [0.717, 1.165) is 0 Å². The average Bonchev–Trinajstić information content (AvgIpc) is 2.30. The fraction of sp³-hybridized carbons (Fsp3) is 0.538. The molecule has 1 rings (SSSR count). The summed E-state index contributed by atoms with van der Waals surface area (Å²) in [6, 6.07) is 4.73. The number of halogens is 2. The largest absolute Gasteiger partial charge is 0.493 e. The molecule has 0 aromatic heterocycles. The highest BCUT2D eigenvalue weighted by Gasteiger charge is 2.10. The van der Waals surface area contributed by atoms with Crippen molar-refractivity contribution < 1.29 is 17.5 Å². The van der Waals surface area contributed by atoms with Gasteiger partial charge in [-0.25, -0.2) is 12.8 Å². The molecule has 1 unspecified atom stereocenters. The van der Waals surface area contributed by atoms with Crippen molar-refractivity contribution in [3.8, 4) is 5.75 Å². The van der Waals surface area contributed by atoms with Crippen molar-refractivity contribution >= 4 is 19.7 Å². The van der Waals surface area contributed by atoms with Gasteiger partial charge in [0.1, 0.15) is 11.6 Å². The third-order valence-electron chi connectivity index (χ3n) is 2.88. The van der Waals surface area contributed by atoms with E-state index < -0.39 is 9.05 Å². The molecule has 0 fully saturated rings. The Morgan fingerprint density at radius 3 is 2.63 bits per heavy atom. The van der Waals surface area contributed by atoms with Crippen molar-refractivity contribution in [3.05, 3.63) is 29.6 Å². The Bertz CT molecular complexity index is 517. The zero-order valence-corrected chi connectivity index (χ0v) is 12.6. The molecule has 0 saturated heterocycles. The summed E-state index contributed by atoms with van der Waals surface area (Å²) in [6.45, 7) is 4.04. The van der Waals surface area contributed by atoms with Crippen LogP contribution in [0.2, 0.25) is 0 Å². The van der Waals surface area contributed by atoms with E-state index in [-0.39, 0.29) is 17.5 Å². The van der Waals surface area contributed by atoms with Gasteiger partial charge >= 0.3 is 0 Å². The summed E-state index contributed by atoms with van der Waals surface area (Å²) in [4.78, 5) is 0. The Morgan fingerprint density at radius 1 is 1.37 bits per heavy atom. The molecule has 0 bridgehead atoms. The SMILES string of the molecule is Cc1ccc(OCCC(C)CCS(=O)(=O)Cl)cc1F. The van der Waals surface area contributed by atoms with Gasteiger partial charge in [0.25, 0.3) is 0 Å². The number of aryl methyl sites for hydroxylation is 1. The van der Waals surface area contributed by atoms with E-state index in [1.165, 1.54) is 6.07 Å². The standard InChI is InChI=1S/C13H18ClFO3S/c1-10(6-8-19(14,16)17)5-7-18-12-4-3-11(2)13(15)9-12/h3-4,9-10H,5-8H2,1-2H3. The van der Waals surface area contributed by atoms with Crippen LogP contribution in [-0.2, 0) is 9.05 Å². The fourth-order valence-corrected chi connectivity index (χ4v) is 2.48. The first-order valence-electron chi connectivity index (χ1n) is 6.09. The maximum atomic E-state index is 13.3. The highest BCUT2D eigenvalue weighted by Crippen LogP contribution is 2.17. The van der Waals surface area contributed by atoms with Crippen LogP contribution in [0.5, 0.6) is 5.75 Å². The molecule has 0 amide bonds. The highest BCUT2D eigenvalue weighted by atomic mass is 35.7. The predicted molar refractivity (Wildman–Crippen MR) is 74.7 cm³/mol. The van der Waals surface area contributed by atoms with E-state index in [4.69, 9.17) is 15.4 Å². The second kappa shape index (κ2) is 7.10. The molecule has 1 atom stereocenters. The number of ether oxygens (including phenoxy) is 1. The summed E-state index contributed by atoms with van der Waals surface area (Å²) in [5, 5.41) is 0. The summed E-state index contributed by atoms with van der Waals surface area (Å²) >= 11 is 0. The highest BCUT2D eigenvalue weighted by molar-refractivity contribution is 8.13. The first-order chi connectivity index (χ1) is 8.78. The summed E-state index contributed by atoms with van der Waals surface area (Å²) in [5.41, 5.74) is 0.577. The monoisotopic (exact) mass is 308 g/mol. The maximum absolute atomic E-state index is 13.3. The van der Waals surface area contributed by atoms with Gasteiger partial charge in [0.15, 0.2) is 0 Å². The van der Waals surface area contributed by atoms with Crippen molar-refractivity contribution in [2.75, 3.05) is 12.4 Å². The lowest BCUT2D eigenvalue weighted by Gasteiger charge is -2.11. The van der Waals surface area contributed by atoms with E-state index >= 15 is 0 Å². The summed E-state index contributed by atoms with van der Waals surface area (Å²) in [7, 11) is 1.71. The van der Waals surface area contributed by atoms with Crippen molar-refractivity contribution in [1.29, 1.82) is 0 Å². The van der Waals surface area contributed by atoms with Gasteiger partial charge in [0.2, 0.25) is 9.05 Å². The van der Waals surface area contributed by atoms with Crippen LogP contribution in [0.3, 0.4) is 0 Å². The topological polar surface area (TPSA) is 43.4 Å². The Labute approximate surface area is 118 Å². The van der Waals surface area contributed by atoms with Crippen LogP contribution in [0.15, 0.2) is 18.2 Å². The Hall–Kier alpha value is -0.810. The van der Waals surface area contributed by atoms with Gasteiger partial charge in [-0.15, -0.1) is 0 Å². The minimum absolute atomic E-state index is 0.0329. The minimum atomic E-state index is -3.42. The molecule has 3 nitrogen and oxygen atoms in total. The zero-order chi connectivity index (χ0) is 14.5. The van der Waals surface area contributed by atoms with Crippen molar-refractivity contribution in [2.24, 2.45) is 5.92 Å². The van der Waals surface area contributed by atoms with Crippen LogP contribution in [0.1, 0.15) is 25.3 Å². The molecule has 0 N–H and O–H groups in total. The third-order valence-corrected chi connectivity index (χ3v) is 4.06. The smallest absolute Gasteiger partial charge is 0.232 e. The Balaban J connectivity index is 2.31. The van der Waals surface area contributed by atoms with Crippen molar-refractivity contribution in [2.45, 2.75) is 26.7 Å². The lowest BCUT2D eigenvalue weighted by Crippen LogP contribution is -2.08. The van der Waals surface area contributed by atoms with Gasteiger partial charge in [0.05, 0.1) is 12.4 Å². The van der Waals surface area contributed by atoms with Gasteiger partial charge in [-0.2, -0.15) is 0 Å². The predicted octanol–water partition coefficient (Wildman–Crippen LogP) is 3.50. The Morgan fingerprint density at radius 2 is 2.05 bits per heavy atom. The quantitative estimate of drug-likeness (QED) is 0.724. The van der Waals surface area contributed by atoms with Gasteiger partial charge in [0, 0.05) is 16.7 Å². The van der Waals surface area contributed by atoms with Crippen LogP contribution in [0.25, 0.3) is 0 Å². The van der Waals surface area contributed by atoms with Crippen LogP contribution in [0.4, 0.5) is 4.39 Å². The van der Waals surface area contributed by atoms with Crippen LogP contribution in [0, 0.1) is 18.7 Å². The molecule has 0 aliphatic carbocycles. The van der Waals surface area contributed by atoms with Crippen LogP contribution >= 0.6 is 10.7 Å². The number of hydrogen-bond donors (Lipinski definition) is 0. The molecule has 0 aliphatic heterocycles. The molecule has 0 radical (unpaired) electrons. The molecule has 1 aromatic rings. The molecule has 0 saturated carbocycles. The molecular weight excluding hydrogens is 291 g/mol. The fourth-order valence-electron chi connectivity index (χ4n) is 1.53. The molecule has 0 aliphatic rings. The average molecular weight is 309 g/mol. The van der Waals surface area contributed by atoms with Gasteiger partial charge in [-0.3, -0.25) is 0 Å². The van der Waals surface area contributed by atoms with Crippen molar-refractivity contribution in [1.82, 2.24) is 0 Å². The first kappa shape index (κ1) is 16.2. The maximum Gasteiger partial charge on any atom is 0.232 e. The number of benzene rings is 1. The Kier molecular flexibility index (Phi) is 6.07. The van der Waals surface area contributed by atoms with E-state index in [0.29, 0.717) is 30.8 Å². The number of rotatable bonds is 7. The molecule has 108 valence electrons. The first-order valence-corrected chi connectivity index (χ1v) is 8.57. The van der Waals surface area contributed by atoms with E-state index in [9.17, 15) is 12.8 Å². The van der Waals surface area contributed by atoms with Gasteiger partial charge < -0.3 is 4.74 Å². The molecular formula is C13H18ClFO3S. The van der Waals surface area contributed by atoms with E-state index in [2.05, 4.69) is 0 Å². The van der Waals surface area contributed by atoms with Crippen LogP contribution < -0.4 is 4.74 Å². The van der Waals surface area contributed by atoms with Crippen LogP contribution in [-0.4, -0.2) is 20.8 Å². The normalized spacial score (nSPS) is 13.3. The second-order valence-corrected chi connectivity index (χ2v) is 7.58.